The van der Waals surface area contributed by atoms with E-state index in [1.165, 1.54) is 0 Å². The molecule has 112 valence electrons. The Kier molecular flexibility index (Phi) is 5.75. The van der Waals surface area contributed by atoms with Gasteiger partial charge in [0, 0.05) is 11.8 Å². The summed E-state index contributed by atoms with van der Waals surface area (Å²) in [6.07, 6.45) is 9.75. The molecule has 0 aromatic rings. The van der Waals surface area contributed by atoms with Crippen LogP contribution >= 0.6 is 7.14 Å². The highest BCUT2D eigenvalue weighted by Gasteiger charge is 2.37. The van der Waals surface area contributed by atoms with Gasteiger partial charge in [-0.15, -0.1) is 0 Å². The van der Waals surface area contributed by atoms with Gasteiger partial charge >= 0.3 is 0 Å². The summed E-state index contributed by atoms with van der Waals surface area (Å²) in [5.41, 5.74) is 3.94. The van der Waals surface area contributed by atoms with E-state index in [0.717, 1.165) is 27.6 Å². The Morgan fingerprint density at radius 1 is 1.24 bits per heavy atom. The van der Waals surface area contributed by atoms with Crippen LogP contribution in [0.3, 0.4) is 0 Å². The standard InChI is InChI=1S/C19H25OP/c1-8-11-12-19-15(5)13-21(20,16(6)14(4)9-2)17(7)18(19)10-3/h8-12,16H,1-4,13H2,5-7H3/b12-11-. The summed E-state index contributed by atoms with van der Waals surface area (Å²) in [4.78, 5) is 0. The van der Waals surface area contributed by atoms with E-state index in [1.54, 1.807) is 18.2 Å². The zero-order chi connectivity index (χ0) is 16.2. The van der Waals surface area contributed by atoms with Crippen molar-refractivity contribution in [1.29, 1.82) is 0 Å². The molecular weight excluding hydrogens is 275 g/mol. The van der Waals surface area contributed by atoms with Crippen LogP contribution in [0.5, 0.6) is 0 Å². The lowest BCUT2D eigenvalue weighted by atomic mass is 10.00. The van der Waals surface area contributed by atoms with Gasteiger partial charge in [-0.1, -0.05) is 69.2 Å². The van der Waals surface area contributed by atoms with E-state index in [4.69, 9.17) is 0 Å². The van der Waals surface area contributed by atoms with Crippen molar-refractivity contribution in [3.8, 4) is 0 Å². The predicted molar refractivity (Wildman–Crippen MR) is 96.2 cm³/mol. The van der Waals surface area contributed by atoms with Gasteiger partial charge in [0.1, 0.15) is 7.14 Å². The highest BCUT2D eigenvalue weighted by atomic mass is 31.2. The smallest absolute Gasteiger partial charge is 0.122 e. The summed E-state index contributed by atoms with van der Waals surface area (Å²) in [5, 5.41) is 0.933. The third-order valence-electron chi connectivity index (χ3n) is 4.21. The largest absolute Gasteiger partial charge is 0.318 e. The molecule has 0 N–H and O–H groups in total. The third-order valence-corrected chi connectivity index (χ3v) is 8.11. The fourth-order valence-electron chi connectivity index (χ4n) is 2.70. The molecule has 0 aromatic carbocycles. The number of allylic oxidation sites excluding steroid dienone is 10. The SMILES string of the molecule is C=C/C=C\C1=C(C)CP(=O)(C(C)C(=C)C=C)C(C)=C1C=C. The molecular formula is C19H25OP. The van der Waals surface area contributed by atoms with Gasteiger partial charge in [0.05, 0.1) is 0 Å². The van der Waals surface area contributed by atoms with E-state index in [9.17, 15) is 4.57 Å². The van der Waals surface area contributed by atoms with Crippen molar-refractivity contribution in [1.82, 2.24) is 0 Å². The maximum Gasteiger partial charge on any atom is 0.122 e. The molecule has 2 heteroatoms. The lowest BCUT2D eigenvalue weighted by Gasteiger charge is -2.33. The van der Waals surface area contributed by atoms with Crippen LogP contribution in [-0.4, -0.2) is 11.8 Å². The first-order chi connectivity index (χ1) is 9.83. The zero-order valence-electron chi connectivity index (χ0n) is 13.4. The number of hydrogen-bond donors (Lipinski definition) is 0. The fraction of sp³-hybridized carbons (Fsp3) is 0.263. The normalized spacial score (nSPS) is 24.1. The molecule has 0 saturated heterocycles. The molecule has 0 fully saturated rings. The van der Waals surface area contributed by atoms with Gasteiger partial charge in [-0.3, -0.25) is 0 Å². The van der Waals surface area contributed by atoms with Crippen LogP contribution in [-0.2, 0) is 4.57 Å². The average molecular weight is 300 g/mol. The molecule has 0 bridgehead atoms. The van der Waals surface area contributed by atoms with Gasteiger partial charge in [0.25, 0.3) is 0 Å². The minimum absolute atomic E-state index is 0.0927. The van der Waals surface area contributed by atoms with E-state index in [2.05, 4.69) is 26.3 Å². The van der Waals surface area contributed by atoms with E-state index in [1.807, 2.05) is 32.9 Å². The second kappa shape index (κ2) is 6.91. The summed E-state index contributed by atoms with van der Waals surface area (Å²) in [6, 6.07) is 0. The minimum Gasteiger partial charge on any atom is -0.318 e. The molecule has 0 radical (unpaired) electrons. The molecule has 0 spiro atoms. The van der Waals surface area contributed by atoms with Gasteiger partial charge in [0.2, 0.25) is 0 Å². The summed E-state index contributed by atoms with van der Waals surface area (Å²) < 4.78 is 13.6. The Morgan fingerprint density at radius 2 is 1.86 bits per heavy atom. The Labute approximate surface area is 129 Å². The van der Waals surface area contributed by atoms with Crippen LogP contribution in [0.4, 0.5) is 0 Å². The second-order valence-electron chi connectivity index (χ2n) is 5.40. The lowest BCUT2D eigenvalue weighted by Crippen LogP contribution is -2.15. The highest BCUT2D eigenvalue weighted by molar-refractivity contribution is 7.69. The van der Waals surface area contributed by atoms with Crippen LogP contribution < -0.4 is 0 Å². The summed E-state index contributed by atoms with van der Waals surface area (Å²) >= 11 is 0. The van der Waals surface area contributed by atoms with Crippen molar-refractivity contribution in [2.45, 2.75) is 26.4 Å². The lowest BCUT2D eigenvalue weighted by molar-refractivity contribution is 0.575. The first kappa shape index (κ1) is 17.5. The van der Waals surface area contributed by atoms with Crippen molar-refractivity contribution >= 4 is 7.14 Å². The Hall–Kier alpha value is -1.59. The van der Waals surface area contributed by atoms with Crippen molar-refractivity contribution in [2.75, 3.05) is 6.16 Å². The first-order valence-corrected chi connectivity index (χ1v) is 9.02. The van der Waals surface area contributed by atoms with Crippen LogP contribution in [0.2, 0.25) is 0 Å². The average Bonchev–Trinajstić information content (AvgIpc) is 2.47. The fourth-order valence-corrected chi connectivity index (χ4v) is 5.93. The molecule has 1 aliphatic rings. The molecule has 1 heterocycles. The van der Waals surface area contributed by atoms with Crippen LogP contribution in [0.1, 0.15) is 20.8 Å². The van der Waals surface area contributed by atoms with E-state index < -0.39 is 7.14 Å². The molecule has 2 unspecified atom stereocenters. The summed E-state index contributed by atoms with van der Waals surface area (Å²) in [5.74, 6) is 0. The molecule has 1 nitrogen and oxygen atoms in total. The van der Waals surface area contributed by atoms with Gasteiger partial charge in [-0.2, -0.15) is 0 Å². The molecule has 2 atom stereocenters. The van der Waals surface area contributed by atoms with Crippen LogP contribution in [0.15, 0.2) is 84.3 Å². The van der Waals surface area contributed by atoms with Gasteiger partial charge in [-0.05, 0) is 35.9 Å². The number of rotatable bonds is 6. The summed E-state index contributed by atoms with van der Waals surface area (Å²) in [6.45, 7) is 21.3. The van der Waals surface area contributed by atoms with E-state index in [-0.39, 0.29) is 5.66 Å². The quantitative estimate of drug-likeness (QED) is 0.433. The minimum atomic E-state index is -2.55. The molecule has 0 aliphatic carbocycles. The molecule has 0 amide bonds. The molecule has 21 heavy (non-hydrogen) atoms. The second-order valence-corrected chi connectivity index (χ2v) is 8.75. The predicted octanol–water partition coefficient (Wildman–Crippen LogP) is 6.01. The Balaban J connectivity index is 3.47. The van der Waals surface area contributed by atoms with E-state index >= 15 is 0 Å². The van der Waals surface area contributed by atoms with Crippen LogP contribution in [0, 0.1) is 0 Å². The van der Waals surface area contributed by atoms with Crippen molar-refractivity contribution in [3.05, 3.63) is 84.3 Å². The highest BCUT2D eigenvalue weighted by Crippen LogP contribution is 2.64. The summed E-state index contributed by atoms with van der Waals surface area (Å²) in [7, 11) is -2.55. The van der Waals surface area contributed by atoms with Crippen LogP contribution in [0.25, 0.3) is 0 Å². The molecule has 1 aliphatic heterocycles. The molecule has 1 rings (SSSR count). The zero-order valence-corrected chi connectivity index (χ0v) is 14.2. The Bertz CT molecular complexity index is 626. The maximum atomic E-state index is 13.6. The van der Waals surface area contributed by atoms with Gasteiger partial charge in [-0.25, -0.2) is 0 Å². The van der Waals surface area contributed by atoms with Crippen molar-refractivity contribution in [2.24, 2.45) is 0 Å². The third kappa shape index (κ3) is 3.19. The van der Waals surface area contributed by atoms with Gasteiger partial charge in [0.15, 0.2) is 0 Å². The van der Waals surface area contributed by atoms with Crippen molar-refractivity contribution in [3.63, 3.8) is 0 Å². The molecule has 0 aromatic heterocycles. The van der Waals surface area contributed by atoms with Gasteiger partial charge < -0.3 is 4.57 Å². The topological polar surface area (TPSA) is 17.1 Å². The van der Waals surface area contributed by atoms with E-state index in [0.29, 0.717) is 6.16 Å². The monoisotopic (exact) mass is 300 g/mol. The maximum absolute atomic E-state index is 13.6. The Morgan fingerprint density at radius 3 is 2.33 bits per heavy atom. The first-order valence-electron chi connectivity index (χ1n) is 7.06. The molecule has 0 saturated carbocycles. The number of hydrogen-bond acceptors (Lipinski definition) is 1. The van der Waals surface area contributed by atoms with Crippen molar-refractivity contribution < 1.29 is 4.57 Å².